The number of nitrogens with zero attached hydrogens (tertiary/aromatic N) is 1. The number of rotatable bonds is 1. The first-order valence-corrected chi connectivity index (χ1v) is 5.52. The van der Waals surface area contributed by atoms with Gasteiger partial charge in [0.2, 0.25) is 0 Å². The van der Waals surface area contributed by atoms with Gasteiger partial charge in [-0.1, -0.05) is 17.7 Å². The fraction of sp³-hybridized carbons (Fsp3) is 0.333. The van der Waals surface area contributed by atoms with E-state index in [-0.39, 0.29) is 5.54 Å². The maximum absolute atomic E-state index is 6.39. The number of benzene rings is 1. The van der Waals surface area contributed by atoms with Crippen LogP contribution in [0.2, 0.25) is 5.02 Å². The molecule has 0 amide bonds. The van der Waals surface area contributed by atoms with Crippen molar-refractivity contribution in [1.29, 1.82) is 0 Å². The molecule has 0 unspecified atom stereocenters. The lowest BCUT2D eigenvalue weighted by atomic mass is 10.0. The highest BCUT2D eigenvalue weighted by Gasteiger charge is 2.41. The molecule has 78 valence electrons. The zero-order valence-corrected chi connectivity index (χ0v) is 9.38. The average Bonchev–Trinajstić information content (AvgIpc) is 2.83. The third kappa shape index (κ3) is 1.22. The third-order valence-electron chi connectivity index (χ3n) is 3.33. The van der Waals surface area contributed by atoms with E-state index in [1.54, 1.807) is 0 Å². The number of aryl methyl sites for hydroxylation is 1. The van der Waals surface area contributed by atoms with Gasteiger partial charge in [0, 0.05) is 29.7 Å². The Hall–Kier alpha value is -0.990. The van der Waals surface area contributed by atoms with Gasteiger partial charge in [0.1, 0.15) is 0 Å². The molecule has 1 saturated carbocycles. The summed E-state index contributed by atoms with van der Waals surface area (Å²) < 4.78 is 2.07. The molecular formula is C12H13ClN2. The Labute approximate surface area is 93.6 Å². The third-order valence-corrected chi connectivity index (χ3v) is 3.73. The first-order chi connectivity index (χ1) is 7.12. The molecule has 1 fully saturated rings. The summed E-state index contributed by atoms with van der Waals surface area (Å²) in [6.45, 7) is 0. The summed E-state index contributed by atoms with van der Waals surface area (Å²) in [4.78, 5) is 0. The lowest BCUT2D eigenvalue weighted by Gasteiger charge is -2.12. The number of halogens is 1. The minimum atomic E-state index is -0.152. The second kappa shape index (κ2) is 2.77. The summed E-state index contributed by atoms with van der Waals surface area (Å²) in [5.74, 6) is 0. The van der Waals surface area contributed by atoms with Gasteiger partial charge in [-0.3, -0.25) is 0 Å². The zero-order chi connectivity index (χ0) is 10.6. The Morgan fingerprint density at radius 2 is 2.07 bits per heavy atom. The summed E-state index contributed by atoms with van der Waals surface area (Å²) in [5, 5.41) is 1.93. The predicted molar refractivity (Wildman–Crippen MR) is 63.0 cm³/mol. The first kappa shape index (κ1) is 9.25. The molecule has 2 nitrogen and oxygen atoms in total. The van der Waals surface area contributed by atoms with E-state index in [1.807, 2.05) is 19.3 Å². The molecule has 2 N–H and O–H groups in total. The first-order valence-electron chi connectivity index (χ1n) is 5.15. The molecule has 0 radical (unpaired) electrons. The van der Waals surface area contributed by atoms with Gasteiger partial charge in [0.05, 0.1) is 5.02 Å². The Bertz CT molecular complexity index is 538. The Morgan fingerprint density at radius 1 is 1.33 bits per heavy atom. The van der Waals surface area contributed by atoms with Gasteiger partial charge in [-0.25, -0.2) is 0 Å². The maximum atomic E-state index is 6.39. The van der Waals surface area contributed by atoms with Crippen molar-refractivity contribution in [1.82, 2.24) is 4.57 Å². The Balaban J connectivity index is 2.30. The van der Waals surface area contributed by atoms with Crippen LogP contribution in [-0.4, -0.2) is 4.57 Å². The molecule has 0 spiro atoms. The largest absolute Gasteiger partial charge is 0.351 e. The van der Waals surface area contributed by atoms with E-state index >= 15 is 0 Å². The van der Waals surface area contributed by atoms with E-state index in [0.717, 1.165) is 34.3 Å². The number of nitrogens with two attached hydrogens (primary N) is 1. The van der Waals surface area contributed by atoms with Crippen molar-refractivity contribution in [2.24, 2.45) is 12.8 Å². The van der Waals surface area contributed by atoms with Crippen LogP contribution >= 0.6 is 11.6 Å². The molecule has 0 bridgehead atoms. The molecule has 15 heavy (non-hydrogen) atoms. The molecule has 1 aliphatic rings. The van der Waals surface area contributed by atoms with Crippen molar-refractivity contribution in [2.75, 3.05) is 0 Å². The van der Waals surface area contributed by atoms with Gasteiger partial charge in [-0.2, -0.15) is 0 Å². The second-order valence-electron chi connectivity index (χ2n) is 4.44. The van der Waals surface area contributed by atoms with Crippen molar-refractivity contribution in [2.45, 2.75) is 18.4 Å². The molecule has 3 heteroatoms. The number of hydrogen-bond donors (Lipinski definition) is 1. The van der Waals surface area contributed by atoms with E-state index in [0.29, 0.717) is 0 Å². The van der Waals surface area contributed by atoms with Gasteiger partial charge in [0.15, 0.2) is 0 Å². The van der Waals surface area contributed by atoms with E-state index in [1.165, 1.54) is 0 Å². The van der Waals surface area contributed by atoms with Crippen LogP contribution in [-0.2, 0) is 12.6 Å². The molecule has 1 aromatic heterocycles. The monoisotopic (exact) mass is 220 g/mol. The average molecular weight is 221 g/mol. The van der Waals surface area contributed by atoms with Crippen LogP contribution in [0.5, 0.6) is 0 Å². The van der Waals surface area contributed by atoms with E-state index in [2.05, 4.69) is 16.7 Å². The molecule has 1 aromatic carbocycles. The second-order valence-corrected chi connectivity index (χ2v) is 4.82. The molecule has 0 atom stereocenters. The van der Waals surface area contributed by atoms with Crippen molar-refractivity contribution in [3.63, 3.8) is 0 Å². The topological polar surface area (TPSA) is 30.9 Å². The zero-order valence-electron chi connectivity index (χ0n) is 8.63. The van der Waals surface area contributed by atoms with Crippen molar-refractivity contribution < 1.29 is 0 Å². The highest BCUT2D eigenvalue weighted by molar-refractivity contribution is 6.36. The molecule has 0 aliphatic heterocycles. The maximum Gasteiger partial charge on any atom is 0.0550 e. The normalized spacial score (nSPS) is 18.3. The number of fused-ring (bicyclic) bond motifs is 1. The molecule has 1 heterocycles. The van der Waals surface area contributed by atoms with Gasteiger partial charge in [-0.05, 0) is 30.5 Å². The van der Waals surface area contributed by atoms with Crippen molar-refractivity contribution >= 4 is 22.5 Å². The summed E-state index contributed by atoms with van der Waals surface area (Å²) in [6, 6.07) is 6.22. The van der Waals surface area contributed by atoms with Crippen LogP contribution in [0.15, 0.2) is 24.4 Å². The molecular weight excluding hydrogens is 208 g/mol. The minimum Gasteiger partial charge on any atom is -0.351 e. The van der Waals surface area contributed by atoms with Crippen LogP contribution in [0.4, 0.5) is 0 Å². The number of hydrogen-bond acceptors (Lipinski definition) is 1. The molecule has 1 aliphatic carbocycles. The summed E-state index contributed by atoms with van der Waals surface area (Å²) in [6.07, 6.45) is 4.12. The summed E-state index contributed by atoms with van der Waals surface area (Å²) >= 11 is 6.39. The van der Waals surface area contributed by atoms with Gasteiger partial charge in [-0.15, -0.1) is 0 Å². The molecule has 2 aromatic rings. The molecule has 0 saturated heterocycles. The van der Waals surface area contributed by atoms with Gasteiger partial charge in [0.25, 0.3) is 0 Å². The minimum absolute atomic E-state index is 0.152. The van der Waals surface area contributed by atoms with Crippen molar-refractivity contribution in [3.05, 3.63) is 35.0 Å². The van der Waals surface area contributed by atoms with Gasteiger partial charge >= 0.3 is 0 Å². The summed E-state index contributed by atoms with van der Waals surface area (Å²) in [7, 11) is 2.02. The summed E-state index contributed by atoms with van der Waals surface area (Å²) in [5.41, 5.74) is 8.28. The quantitative estimate of drug-likeness (QED) is 0.787. The van der Waals surface area contributed by atoms with E-state index in [4.69, 9.17) is 17.3 Å². The van der Waals surface area contributed by atoms with Crippen LogP contribution in [0.1, 0.15) is 18.4 Å². The fourth-order valence-electron chi connectivity index (χ4n) is 2.10. The van der Waals surface area contributed by atoms with Crippen LogP contribution < -0.4 is 5.73 Å². The predicted octanol–water partition coefficient (Wildman–Crippen LogP) is 2.78. The SMILES string of the molecule is Cn1ccc2c(Cl)c(C3(N)CC3)ccc21. The van der Waals surface area contributed by atoms with Crippen LogP contribution in [0.3, 0.4) is 0 Å². The number of aromatic nitrogens is 1. The fourth-order valence-corrected chi connectivity index (χ4v) is 2.52. The highest BCUT2D eigenvalue weighted by atomic mass is 35.5. The Morgan fingerprint density at radius 3 is 2.73 bits per heavy atom. The smallest absolute Gasteiger partial charge is 0.0550 e. The molecule has 3 rings (SSSR count). The Kier molecular flexibility index (Phi) is 1.71. The van der Waals surface area contributed by atoms with Gasteiger partial charge < -0.3 is 10.3 Å². The van der Waals surface area contributed by atoms with Crippen LogP contribution in [0.25, 0.3) is 10.9 Å². The van der Waals surface area contributed by atoms with E-state index < -0.39 is 0 Å². The van der Waals surface area contributed by atoms with Crippen molar-refractivity contribution in [3.8, 4) is 0 Å². The standard InChI is InChI=1S/C12H13ClN2/c1-15-7-4-8-10(15)3-2-9(11(8)13)12(14)5-6-12/h2-4,7H,5-6,14H2,1H3. The lowest BCUT2D eigenvalue weighted by Crippen LogP contribution is -2.19. The van der Waals surface area contributed by atoms with Crippen LogP contribution in [0, 0.1) is 0 Å². The van der Waals surface area contributed by atoms with E-state index in [9.17, 15) is 0 Å². The highest BCUT2D eigenvalue weighted by Crippen LogP contribution is 2.47. The lowest BCUT2D eigenvalue weighted by molar-refractivity contribution is 0.741.